The molecular formula is C11H12O4S. The molecule has 0 aliphatic carbocycles. The maximum atomic E-state index is 11.7. The van der Waals surface area contributed by atoms with Crippen molar-refractivity contribution in [1.82, 2.24) is 0 Å². The lowest BCUT2D eigenvalue weighted by atomic mass is 10.1. The molecule has 1 aliphatic heterocycles. The van der Waals surface area contributed by atoms with Gasteiger partial charge in [0.05, 0.1) is 12.4 Å². The highest BCUT2D eigenvalue weighted by atomic mass is 32.2. The number of carbonyl (C=O) groups is 1. The molecular weight excluding hydrogens is 228 g/mol. The van der Waals surface area contributed by atoms with E-state index in [1.54, 1.807) is 18.2 Å². The second-order valence-electron chi connectivity index (χ2n) is 3.27. The van der Waals surface area contributed by atoms with Gasteiger partial charge in [-0.25, -0.2) is 0 Å². The number of Topliss-reactive ketones (excluding diaryl/α,β-unsaturated/α-hetero) is 1. The first kappa shape index (κ1) is 11.3. The van der Waals surface area contributed by atoms with Crippen molar-refractivity contribution < 1.29 is 19.4 Å². The van der Waals surface area contributed by atoms with Gasteiger partial charge in [-0.2, -0.15) is 11.8 Å². The fourth-order valence-electron chi connectivity index (χ4n) is 1.38. The quantitative estimate of drug-likeness (QED) is 0.621. The first-order valence-electron chi connectivity index (χ1n) is 4.92. The minimum atomic E-state index is 0.0387. The van der Waals surface area contributed by atoms with E-state index in [1.165, 1.54) is 11.8 Å². The lowest BCUT2D eigenvalue weighted by molar-refractivity contribution is 0.102. The lowest BCUT2D eigenvalue weighted by Crippen LogP contribution is -2.03. The molecule has 0 spiro atoms. The maximum absolute atomic E-state index is 11.7. The molecule has 0 amide bonds. The zero-order valence-corrected chi connectivity index (χ0v) is 9.46. The second-order valence-corrected chi connectivity index (χ2v) is 4.37. The lowest BCUT2D eigenvalue weighted by Gasteiger charge is -2.02. The third-order valence-electron chi connectivity index (χ3n) is 2.16. The number of hydrogen-bond acceptors (Lipinski definition) is 5. The van der Waals surface area contributed by atoms with E-state index in [1.807, 2.05) is 0 Å². The van der Waals surface area contributed by atoms with Crippen LogP contribution in [0.2, 0.25) is 0 Å². The molecule has 0 aromatic heterocycles. The van der Waals surface area contributed by atoms with Crippen molar-refractivity contribution in [3.63, 3.8) is 0 Å². The summed E-state index contributed by atoms with van der Waals surface area (Å²) >= 11 is 1.42. The summed E-state index contributed by atoms with van der Waals surface area (Å²) in [6.07, 6.45) is 0. The Morgan fingerprint density at radius 3 is 3.00 bits per heavy atom. The first-order chi connectivity index (χ1) is 7.81. The number of aliphatic hydroxyl groups excluding tert-OH is 1. The molecule has 0 unspecified atom stereocenters. The Balaban J connectivity index is 2.01. The predicted molar refractivity (Wildman–Crippen MR) is 61.3 cm³/mol. The molecule has 86 valence electrons. The van der Waals surface area contributed by atoms with Crippen molar-refractivity contribution in [2.45, 2.75) is 0 Å². The molecule has 5 heteroatoms. The summed E-state index contributed by atoms with van der Waals surface area (Å²) in [4.78, 5) is 11.7. The number of aliphatic hydroxyl groups is 1. The molecule has 0 saturated carbocycles. The van der Waals surface area contributed by atoms with Crippen LogP contribution in [-0.2, 0) is 0 Å². The van der Waals surface area contributed by atoms with E-state index in [2.05, 4.69) is 0 Å². The van der Waals surface area contributed by atoms with Crippen molar-refractivity contribution in [3.8, 4) is 11.5 Å². The van der Waals surface area contributed by atoms with E-state index < -0.39 is 0 Å². The summed E-state index contributed by atoms with van der Waals surface area (Å²) in [7, 11) is 0. The summed E-state index contributed by atoms with van der Waals surface area (Å²) in [6, 6.07) is 5.17. The molecule has 2 rings (SSSR count). The summed E-state index contributed by atoms with van der Waals surface area (Å²) in [6.45, 7) is 0.311. The normalized spacial score (nSPS) is 12.8. The van der Waals surface area contributed by atoms with Gasteiger partial charge in [0.25, 0.3) is 0 Å². The molecule has 0 saturated heterocycles. The standard InChI is InChI=1S/C11H12O4S/c12-3-4-16-6-9(13)8-1-2-10-11(5-8)15-7-14-10/h1-2,5,12H,3-4,6-7H2. The van der Waals surface area contributed by atoms with E-state index in [0.29, 0.717) is 28.6 Å². The third-order valence-corrected chi connectivity index (χ3v) is 3.10. The molecule has 16 heavy (non-hydrogen) atoms. The molecule has 0 fully saturated rings. The largest absolute Gasteiger partial charge is 0.454 e. The second kappa shape index (κ2) is 5.23. The van der Waals surface area contributed by atoms with Gasteiger partial charge in [0.1, 0.15) is 0 Å². The van der Waals surface area contributed by atoms with Crippen LogP contribution in [0.4, 0.5) is 0 Å². The maximum Gasteiger partial charge on any atom is 0.231 e. The minimum absolute atomic E-state index is 0.0387. The Labute approximate surface area is 97.6 Å². The van der Waals surface area contributed by atoms with Gasteiger partial charge in [-0.15, -0.1) is 0 Å². The van der Waals surface area contributed by atoms with Crippen molar-refractivity contribution in [2.24, 2.45) is 0 Å². The summed E-state index contributed by atoms with van der Waals surface area (Å²) in [5, 5.41) is 8.61. The van der Waals surface area contributed by atoms with Gasteiger partial charge in [0.2, 0.25) is 6.79 Å². The molecule has 1 N–H and O–H groups in total. The highest BCUT2D eigenvalue weighted by molar-refractivity contribution is 8.00. The van der Waals surface area contributed by atoms with E-state index >= 15 is 0 Å². The van der Waals surface area contributed by atoms with Gasteiger partial charge in [-0.1, -0.05) is 0 Å². The number of thioether (sulfide) groups is 1. The first-order valence-corrected chi connectivity index (χ1v) is 6.08. The van der Waals surface area contributed by atoms with Crippen LogP contribution in [0.5, 0.6) is 11.5 Å². The van der Waals surface area contributed by atoms with E-state index in [4.69, 9.17) is 14.6 Å². The summed E-state index contributed by atoms with van der Waals surface area (Å²) in [5.74, 6) is 2.30. The number of benzene rings is 1. The van der Waals surface area contributed by atoms with Crippen LogP contribution in [0.1, 0.15) is 10.4 Å². The average Bonchev–Trinajstić information content (AvgIpc) is 2.76. The van der Waals surface area contributed by atoms with Crippen LogP contribution >= 0.6 is 11.8 Å². The van der Waals surface area contributed by atoms with Gasteiger partial charge in [0, 0.05) is 11.3 Å². The predicted octanol–water partition coefficient (Wildman–Crippen LogP) is 1.32. The number of hydrogen-bond donors (Lipinski definition) is 1. The van der Waals surface area contributed by atoms with Crippen LogP contribution in [0.25, 0.3) is 0 Å². The Hall–Kier alpha value is -1.20. The van der Waals surface area contributed by atoms with Gasteiger partial charge >= 0.3 is 0 Å². The SMILES string of the molecule is O=C(CSCCO)c1ccc2c(c1)OCO2. The van der Waals surface area contributed by atoms with Gasteiger partial charge in [-0.05, 0) is 18.2 Å². The van der Waals surface area contributed by atoms with Crippen molar-refractivity contribution in [2.75, 3.05) is 24.9 Å². The number of carbonyl (C=O) groups excluding carboxylic acids is 1. The van der Waals surface area contributed by atoms with Crippen LogP contribution in [0.15, 0.2) is 18.2 Å². The number of ketones is 1. The Kier molecular flexibility index (Phi) is 3.69. The van der Waals surface area contributed by atoms with Crippen LogP contribution in [0, 0.1) is 0 Å². The molecule has 0 atom stereocenters. The highest BCUT2D eigenvalue weighted by Gasteiger charge is 2.15. The Morgan fingerprint density at radius 2 is 2.19 bits per heavy atom. The Bertz CT molecular complexity index is 392. The fraction of sp³-hybridized carbons (Fsp3) is 0.364. The smallest absolute Gasteiger partial charge is 0.231 e. The number of ether oxygens (including phenoxy) is 2. The number of rotatable bonds is 5. The average molecular weight is 240 g/mol. The van der Waals surface area contributed by atoms with E-state index in [0.717, 1.165) is 0 Å². The Morgan fingerprint density at radius 1 is 1.38 bits per heavy atom. The zero-order chi connectivity index (χ0) is 11.4. The van der Waals surface area contributed by atoms with Crippen molar-refractivity contribution >= 4 is 17.5 Å². The van der Waals surface area contributed by atoms with Gasteiger partial charge in [-0.3, -0.25) is 4.79 Å². The number of fused-ring (bicyclic) bond motifs is 1. The van der Waals surface area contributed by atoms with Crippen molar-refractivity contribution in [1.29, 1.82) is 0 Å². The molecule has 1 aromatic carbocycles. The molecule has 1 aromatic rings. The van der Waals surface area contributed by atoms with Crippen LogP contribution in [-0.4, -0.2) is 35.8 Å². The molecule has 4 nitrogen and oxygen atoms in total. The monoisotopic (exact) mass is 240 g/mol. The third kappa shape index (κ3) is 2.48. The minimum Gasteiger partial charge on any atom is -0.454 e. The molecule has 1 aliphatic rings. The fourth-order valence-corrected chi connectivity index (χ4v) is 2.01. The van der Waals surface area contributed by atoms with E-state index in [-0.39, 0.29) is 19.2 Å². The van der Waals surface area contributed by atoms with Crippen molar-refractivity contribution in [3.05, 3.63) is 23.8 Å². The van der Waals surface area contributed by atoms with E-state index in [9.17, 15) is 4.79 Å². The van der Waals surface area contributed by atoms with Gasteiger partial charge in [0.15, 0.2) is 17.3 Å². The molecule has 1 heterocycles. The highest BCUT2D eigenvalue weighted by Crippen LogP contribution is 2.32. The zero-order valence-electron chi connectivity index (χ0n) is 8.64. The van der Waals surface area contributed by atoms with Crippen LogP contribution in [0.3, 0.4) is 0 Å². The van der Waals surface area contributed by atoms with Gasteiger partial charge < -0.3 is 14.6 Å². The molecule has 0 radical (unpaired) electrons. The molecule has 0 bridgehead atoms. The topological polar surface area (TPSA) is 55.8 Å². The summed E-state index contributed by atoms with van der Waals surface area (Å²) in [5.41, 5.74) is 0.620. The summed E-state index contributed by atoms with van der Waals surface area (Å²) < 4.78 is 10.4. The van der Waals surface area contributed by atoms with Crippen LogP contribution < -0.4 is 9.47 Å².